The molecule has 1 fully saturated rings. The van der Waals surface area contributed by atoms with Gasteiger partial charge in [0.15, 0.2) is 11.5 Å². The van der Waals surface area contributed by atoms with Crippen LogP contribution in [0.2, 0.25) is 0 Å². The molecule has 4 amide bonds. The number of methoxy groups -OCH3 is 1. The molecule has 8 nitrogen and oxygen atoms in total. The zero-order chi connectivity index (χ0) is 23.3. The number of hydrogen-bond donors (Lipinski definition) is 2. The van der Waals surface area contributed by atoms with Gasteiger partial charge in [-0.3, -0.25) is 9.59 Å². The van der Waals surface area contributed by atoms with Gasteiger partial charge in [-0.15, -0.1) is 6.42 Å². The predicted octanol–water partition coefficient (Wildman–Crippen LogP) is 2.98. The second-order valence-electron chi connectivity index (χ2n) is 6.43. The highest BCUT2D eigenvalue weighted by Gasteiger charge is 2.35. The highest BCUT2D eigenvalue weighted by atomic mass is 127. The minimum Gasteiger partial charge on any atom is -0.493 e. The van der Waals surface area contributed by atoms with Gasteiger partial charge in [-0.1, -0.05) is 18.1 Å². The lowest BCUT2D eigenvalue weighted by molar-refractivity contribution is -0.127. The smallest absolute Gasteiger partial charge is 0.329 e. The number of urea groups is 1. The van der Waals surface area contributed by atoms with Gasteiger partial charge in [0.1, 0.15) is 24.7 Å². The summed E-state index contributed by atoms with van der Waals surface area (Å²) < 4.78 is 25.2. The van der Waals surface area contributed by atoms with E-state index < -0.39 is 30.2 Å². The Bertz CT molecular complexity index is 1160. The third-order valence-corrected chi connectivity index (χ3v) is 5.08. The normalized spacial score (nSPS) is 14.2. The van der Waals surface area contributed by atoms with Crippen LogP contribution in [0.1, 0.15) is 5.56 Å². The Morgan fingerprint density at radius 1 is 1.34 bits per heavy atom. The number of ether oxygens (including phenoxy) is 2. The van der Waals surface area contributed by atoms with E-state index in [2.05, 4.69) is 16.6 Å². The molecule has 0 unspecified atom stereocenters. The number of benzene rings is 2. The third-order valence-electron chi connectivity index (χ3n) is 4.27. The van der Waals surface area contributed by atoms with Gasteiger partial charge in [-0.25, -0.2) is 14.1 Å². The van der Waals surface area contributed by atoms with Crippen molar-refractivity contribution in [3.63, 3.8) is 0 Å². The molecule has 1 aliphatic heterocycles. The van der Waals surface area contributed by atoms with E-state index in [1.165, 1.54) is 31.4 Å². The van der Waals surface area contributed by atoms with Crippen LogP contribution >= 0.6 is 22.6 Å². The Morgan fingerprint density at radius 3 is 2.78 bits per heavy atom. The van der Waals surface area contributed by atoms with E-state index in [0.717, 1.165) is 4.90 Å². The molecule has 1 saturated heterocycles. The maximum atomic E-state index is 13.7. The minimum atomic E-state index is -0.763. The van der Waals surface area contributed by atoms with Crippen LogP contribution in [-0.2, 0) is 9.59 Å². The van der Waals surface area contributed by atoms with E-state index in [9.17, 15) is 18.8 Å². The van der Waals surface area contributed by atoms with Crippen molar-refractivity contribution < 1.29 is 28.2 Å². The van der Waals surface area contributed by atoms with Crippen molar-refractivity contribution in [1.82, 2.24) is 10.2 Å². The number of amides is 4. The molecule has 0 radical (unpaired) electrons. The summed E-state index contributed by atoms with van der Waals surface area (Å²) in [5, 5.41) is 4.77. The molecule has 2 N–H and O–H groups in total. The van der Waals surface area contributed by atoms with Crippen LogP contribution in [0.15, 0.2) is 42.1 Å². The standard InChI is InChI=1S/C22H17FIN3O5/c1-3-8-32-20-15(24)9-13(11-18(20)31-2)10-17-21(29)27(22(30)26-17)12-19(28)25-16-7-5-4-6-14(16)23/h1,4-7,9-11H,8,12H2,2H3,(H,25,28)(H,26,30)/b17-10+. The molecule has 32 heavy (non-hydrogen) atoms. The molecule has 1 aliphatic rings. The lowest BCUT2D eigenvalue weighted by Gasteiger charge is -2.12. The van der Waals surface area contributed by atoms with Crippen LogP contribution < -0.4 is 20.1 Å². The summed E-state index contributed by atoms with van der Waals surface area (Å²) in [7, 11) is 1.46. The van der Waals surface area contributed by atoms with Crippen molar-refractivity contribution in [3.8, 4) is 23.8 Å². The van der Waals surface area contributed by atoms with Crippen molar-refractivity contribution in [2.45, 2.75) is 0 Å². The topological polar surface area (TPSA) is 97.0 Å². The zero-order valence-corrected chi connectivity index (χ0v) is 18.9. The molecule has 0 aliphatic carbocycles. The second kappa shape index (κ2) is 10.1. The van der Waals surface area contributed by atoms with E-state index >= 15 is 0 Å². The Morgan fingerprint density at radius 2 is 2.09 bits per heavy atom. The number of carbonyl (C=O) groups is 3. The van der Waals surface area contributed by atoms with Crippen LogP contribution in [0.5, 0.6) is 11.5 Å². The summed E-state index contributed by atoms with van der Waals surface area (Å²) in [6.07, 6.45) is 6.67. The highest BCUT2D eigenvalue weighted by Crippen LogP contribution is 2.34. The summed E-state index contributed by atoms with van der Waals surface area (Å²) in [6.45, 7) is -0.513. The van der Waals surface area contributed by atoms with E-state index in [1.54, 1.807) is 18.2 Å². The quantitative estimate of drug-likeness (QED) is 0.240. The Labute approximate surface area is 196 Å². The Hall–Kier alpha value is -3.59. The molecule has 2 aromatic rings. The van der Waals surface area contributed by atoms with Gasteiger partial charge in [0.2, 0.25) is 5.91 Å². The lowest BCUT2D eigenvalue weighted by Crippen LogP contribution is -2.38. The fourth-order valence-corrected chi connectivity index (χ4v) is 3.64. The van der Waals surface area contributed by atoms with Gasteiger partial charge in [-0.2, -0.15) is 0 Å². The molecular formula is C22H17FIN3O5. The number of nitrogens with zero attached hydrogens (tertiary/aromatic N) is 1. The first-order valence-corrected chi connectivity index (χ1v) is 10.2. The molecule has 3 rings (SSSR count). The summed E-state index contributed by atoms with van der Waals surface area (Å²) in [4.78, 5) is 37.8. The van der Waals surface area contributed by atoms with Gasteiger partial charge in [0.05, 0.1) is 16.4 Å². The number of halogens is 2. The first kappa shape index (κ1) is 23.1. The summed E-state index contributed by atoms with van der Waals surface area (Å²) in [5.41, 5.74) is 0.485. The van der Waals surface area contributed by atoms with Crippen molar-refractivity contribution in [2.24, 2.45) is 0 Å². The number of terminal acetylenes is 1. The number of anilines is 1. The Kier molecular flexibility index (Phi) is 7.32. The minimum absolute atomic E-state index is 0.0242. The monoisotopic (exact) mass is 549 g/mol. The SMILES string of the molecule is C#CCOc1c(I)cc(/C=C2/NC(=O)N(CC(=O)Nc3ccccc3F)C2=O)cc1OC. The first-order valence-electron chi connectivity index (χ1n) is 9.16. The molecule has 0 bridgehead atoms. The summed E-state index contributed by atoms with van der Waals surface area (Å²) in [5.74, 6) is 1.19. The van der Waals surface area contributed by atoms with Gasteiger partial charge < -0.3 is 20.1 Å². The van der Waals surface area contributed by atoms with Gasteiger partial charge in [0, 0.05) is 0 Å². The number of carbonyl (C=O) groups excluding carboxylic acids is 3. The predicted molar refractivity (Wildman–Crippen MR) is 123 cm³/mol. The van der Waals surface area contributed by atoms with Crippen LogP contribution in [0.25, 0.3) is 6.08 Å². The van der Waals surface area contributed by atoms with Crippen LogP contribution in [0, 0.1) is 21.7 Å². The fraction of sp³-hybridized carbons (Fsp3) is 0.136. The largest absolute Gasteiger partial charge is 0.493 e. The number of imide groups is 1. The average Bonchev–Trinajstić information content (AvgIpc) is 3.01. The maximum Gasteiger partial charge on any atom is 0.329 e. The summed E-state index contributed by atoms with van der Waals surface area (Å²) in [6, 6.07) is 8.15. The maximum absolute atomic E-state index is 13.7. The van der Waals surface area contributed by atoms with Gasteiger partial charge in [-0.05, 0) is 58.5 Å². The summed E-state index contributed by atoms with van der Waals surface area (Å²) >= 11 is 2.03. The molecular weight excluding hydrogens is 532 g/mol. The molecule has 164 valence electrons. The molecule has 0 atom stereocenters. The molecule has 10 heteroatoms. The van der Waals surface area contributed by atoms with Crippen LogP contribution in [-0.4, -0.2) is 43.0 Å². The van der Waals surface area contributed by atoms with Crippen LogP contribution in [0.3, 0.4) is 0 Å². The number of hydrogen-bond acceptors (Lipinski definition) is 5. The zero-order valence-electron chi connectivity index (χ0n) is 16.8. The molecule has 0 saturated carbocycles. The van der Waals surface area contributed by atoms with Crippen molar-refractivity contribution in [1.29, 1.82) is 0 Å². The van der Waals surface area contributed by atoms with Crippen molar-refractivity contribution in [3.05, 3.63) is 57.0 Å². The third kappa shape index (κ3) is 5.17. The van der Waals surface area contributed by atoms with Crippen molar-refractivity contribution in [2.75, 3.05) is 25.6 Å². The lowest BCUT2D eigenvalue weighted by atomic mass is 10.1. The fourth-order valence-electron chi connectivity index (χ4n) is 2.85. The van der Waals surface area contributed by atoms with E-state index in [-0.39, 0.29) is 18.0 Å². The van der Waals surface area contributed by atoms with Crippen LogP contribution in [0.4, 0.5) is 14.9 Å². The number of nitrogens with one attached hydrogen (secondary N) is 2. The van der Waals surface area contributed by atoms with E-state index in [4.69, 9.17) is 15.9 Å². The van der Waals surface area contributed by atoms with E-state index in [1.807, 2.05) is 22.6 Å². The van der Waals surface area contributed by atoms with Crippen molar-refractivity contribution >= 4 is 52.2 Å². The Balaban J connectivity index is 1.76. The number of rotatable bonds is 7. The van der Waals surface area contributed by atoms with Gasteiger partial charge >= 0.3 is 6.03 Å². The average molecular weight is 549 g/mol. The highest BCUT2D eigenvalue weighted by molar-refractivity contribution is 14.1. The van der Waals surface area contributed by atoms with Gasteiger partial charge in [0.25, 0.3) is 5.91 Å². The molecule has 1 heterocycles. The van der Waals surface area contributed by atoms with E-state index in [0.29, 0.717) is 20.6 Å². The molecule has 0 spiro atoms. The first-order chi connectivity index (χ1) is 15.3. The second-order valence-corrected chi connectivity index (χ2v) is 7.60. The number of para-hydroxylation sites is 1. The molecule has 0 aromatic heterocycles. The molecule has 2 aromatic carbocycles.